The van der Waals surface area contributed by atoms with E-state index in [1.165, 1.54) is 0 Å². The summed E-state index contributed by atoms with van der Waals surface area (Å²) in [7, 11) is -4.08. The number of amides is 1. The summed E-state index contributed by atoms with van der Waals surface area (Å²) < 4.78 is 46.2. The fraction of sp³-hybridized carbons (Fsp3) is 0.308. The summed E-state index contributed by atoms with van der Waals surface area (Å²) in [4.78, 5) is 25.7. The van der Waals surface area contributed by atoms with Crippen molar-refractivity contribution in [2.45, 2.75) is 51.0 Å². The van der Waals surface area contributed by atoms with Crippen LogP contribution in [0.25, 0.3) is 11.1 Å². The van der Waals surface area contributed by atoms with Gasteiger partial charge in [0.05, 0.1) is 11.5 Å². The van der Waals surface area contributed by atoms with Crippen LogP contribution >= 0.6 is 11.3 Å². The molecule has 0 aliphatic rings. The Labute approximate surface area is 214 Å². The standard InChI is InChI=1S/C26H29FN2O5S2/c1-5-22(29-36(32,33)20-13-11-19(27)12-14-20)24(30)28-25-23(26(31)34-6-2)21(15-35-25)18-9-7-17(8-10-18)16(3)4/h7-16,22,29H,5-6H2,1-4H3,(H,28,30). The van der Waals surface area contributed by atoms with Gasteiger partial charge in [-0.2, -0.15) is 4.72 Å². The molecule has 1 atom stereocenters. The minimum Gasteiger partial charge on any atom is -0.462 e. The number of sulfonamides is 1. The molecule has 1 amide bonds. The molecule has 0 aliphatic carbocycles. The van der Waals surface area contributed by atoms with E-state index in [1.54, 1.807) is 19.2 Å². The lowest BCUT2D eigenvalue weighted by Crippen LogP contribution is -2.43. The van der Waals surface area contributed by atoms with Crippen LogP contribution < -0.4 is 10.0 Å². The normalized spacial score (nSPS) is 12.4. The van der Waals surface area contributed by atoms with Gasteiger partial charge in [0, 0.05) is 10.9 Å². The molecule has 0 radical (unpaired) electrons. The van der Waals surface area contributed by atoms with Gasteiger partial charge < -0.3 is 10.1 Å². The zero-order valence-corrected chi connectivity index (χ0v) is 22.1. The predicted molar refractivity (Wildman–Crippen MR) is 139 cm³/mol. The van der Waals surface area contributed by atoms with Gasteiger partial charge in [-0.05, 0) is 54.7 Å². The van der Waals surface area contributed by atoms with Crippen molar-refractivity contribution in [3.05, 3.63) is 70.9 Å². The average Bonchev–Trinajstić information content (AvgIpc) is 3.26. The molecule has 0 saturated heterocycles. The molecule has 2 aromatic carbocycles. The molecular weight excluding hydrogens is 503 g/mol. The number of hydrogen-bond acceptors (Lipinski definition) is 6. The lowest BCUT2D eigenvalue weighted by molar-refractivity contribution is -0.117. The molecule has 0 aliphatic heterocycles. The Balaban J connectivity index is 1.88. The summed E-state index contributed by atoms with van der Waals surface area (Å²) in [5, 5.41) is 4.72. The number of thiophene rings is 1. The van der Waals surface area contributed by atoms with Crippen LogP contribution in [-0.2, 0) is 19.6 Å². The second-order valence-corrected chi connectivity index (χ2v) is 11.0. The molecule has 1 heterocycles. The van der Waals surface area contributed by atoms with Crippen LogP contribution in [0.4, 0.5) is 9.39 Å². The van der Waals surface area contributed by atoms with E-state index in [1.807, 2.05) is 24.3 Å². The summed E-state index contributed by atoms with van der Waals surface area (Å²) in [6.45, 7) is 7.68. The maximum Gasteiger partial charge on any atom is 0.341 e. The number of esters is 1. The first-order valence-electron chi connectivity index (χ1n) is 11.5. The van der Waals surface area contributed by atoms with Crippen molar-refractivity contribution >= 4 is 38.2 Å². The highest BCUT2D eigenvalue weighted by molar-refractivity contribution is 7.89. The summed E-state index contributed by atoms with van der Waals surface area (Å²) in [5.41, 5.74) is 2.77. The molecule has 2 N–H and O–H groups in total. The molecule has 0 spiro atoms. The number of hydrogen-bond donors (Lipinski definition) is 2. The van der Waals surface area contributed by atoms with Crippen molar-refractivity contribution in [1.82, 2.24) is 4.72 Å². The SMILES string of the molecule is CCOC(=O)c1c(-c2ccc(C(C)C)cc2)csc1NC(=O)C(CC)NS(=O)(=O)c1ccc(F)cc1. The Morgan fingerprint density at radius 3 is 2.22 bits per heavy atom. The van der Waals surface area contributed by atoms with Crippen molar-refractivity contribution in [1.29, 1.82) is 0 Å². The quantitative estimate of drug-likeness (QED) is 0.334. The van der Waals surface area contributed by atoms with E-state index in [0.29, 0.717) is 11.5 Å². The molecule has 36 heavy (non-hydrogen) atoms. The zero-order chi connectivity index (χ0) is 26.5. The number of ether oxygens (including phenoxy) is 1. The van der Waals surface area contributed by atoms with Gasteiger partial charge >= 0.3 is 5.97 Å². The lowest BCUT2D eigenvalue weighted by Gasteiger charge is -2.17. The Morgan fingerprint density at radius 2 is 1.67 bits per heavy atom. The van der Waals surface area contributed by atoms with Crippen molar-refractivity contribution in [3.8, 4) is 11.1 Å². The highest BCUT2D eigenvalue weighted by Crippen LogP contribution is 2.37. The molecule has 192 valence electrons. The molecule has 1 aromatic heterocycles. The second kappa shape index (κ2) is 11.8. The van der Waals surface area contributed by atoms with Gasteiger partial charge in [-0.3, -0.25) is 4.79 Å². The maximum absolute atomic E-state index is 13.2. The van der Waals surface area contributed by atoms with E-state index >= 15 is 0 Å². The average molecular weight is 533 g/mol. The van der Waals surface area contributed by atoms with Gasteiger partial charge in [-0.25, -0.2) is 17.6 Å². The van der Waals surface area contributed by atoms with Crippen LogP contribution in [0.15, 0.2) is 58.8 Å². The van der Waals surface area contributed by atoms with E-state index in [0.717, 1.165) is 46.7 Å². The number of anilines is 1. The van der Waals surface area contributed by atoms with Crippen LogP contribution in [0.5, 0.6) is 0 Å². The number of carbonyl (C=O) groups excluding carboxylic acids is 2. The largest absolute Gasteiger partial charge is 0.462 e. The second-order valence-electron chi connectivity index (χ2n) is 8.38. The van der Waals surface area contributed by atoms with Crippen LogP contribution in [0.2, 0.25) is 0 Å². The first-order valence-corrected chi connectivity index (χ1v) is 13.9. The minimum atomic E-state index is -4.08. The molecular formula is C26H29FN2O5S2. The number of benzene rings is 2. The summed E-state index contributed by atoms with van der Waals surface area (Å²) in [5.74, 6) is -1.43. The summed E-state index contributed by atoms with van der Waals surface area (Å²) in [6, 6.07) is 11.0. The third-order valence-corrected chi connectivity index (χ3v) is 7.92. The molecule has 1 unspecified atom stereocenters. The number of carbonyl (C=O) groups is 2. The highest BCUT2D eigenvalue weighted by atomic mass is 32.2. The highest BCUT2D eigenvalue weighted by Gasteiger charge is 2.28. The van der Waals surface area contributed by atoms with E-state index in [2.05, 4.69) is 23.9 Å². The van der Waals surface area contributed by atoms with Crippen molar-refractivity contribution < 1.29 is 27.1 Å². The molecule has 0 bridgehead atoms. The van der Waals surface area contributed by atoms with Gasteiger partial charge in [0.1, 0.15) is 22.4 Å². The van der Waals surface area contributed by atoms with Gasteiger partial charge in [0.15, 0.2) is 0 Å². The molecule has 0 fully saturated rings. The van der Waals surface area contributed by atoms with Gasteiger partial charge in [0.25, 0.3) is 0 Å². The lowest BCUT2D eigenvalue weighted by atomic mass is 9.98. The van der Waals surface area contributed by atoms with Crippen LogP contribution in [-0.4, -0.2) is 32.9 Å². The van der Waals surface area contributed by atoms with E-state index in [4.69, 9.17) is 4.74 Å². The third-order valence-electron chi connectivity index (χ3n) is 5.54. The van der Waals surface area contributed by atoms with Crippen molar-refractivity contribution in [2.75, 3.05) is 11.9 Å². The third kappa shape index (κ3) is 6.37. The zero-order valence-electron chi connectivity index (χ0n) is 20.5. The van der Waals surface area contributed by atoms with Gasteiger partial charge in [0.2, 0.25) is 15.9 Å². The topological polar surface area (TPSA) is 102 Å². The molecule has 3 rings (SSSR count). The first kappa shape index (κ1) is 27.5. The monoisotopic (exact) mass is 532 g/mol. The van der Waals surface area contributed by atoms with E-state index in [-0.39, 0.29) is 28.5 Å². The van der Waals surface area contributed by atoms with Gasteiger partial charge in [-0.1, -0.05) is 45.0 Å². The van der Waals surface area contributed by atoms with E-state index < -0.39 is 33.8 Å². The molecule has 3 aromatic rings. The molecule has 7 nitrogen and oxygen atoms in total. The molecule has 10 heteroatoms. The fourth-order valence-corrected chi connectivity index (χ4v) is 5.75. The minimum absolute atomic E-state index is 0.149. The number of halogens is 1. The van der Waals surface area contributed by atoms with Crippen LogP contribution in [0, 0.1) is 5.82 Å². The Bertz CT molecular complexity index is 1320. The van der Waals surface area contributed by atoms with Crippen molar-refractivity contribution in [2.24, 2.45) is 0 Å². The van der Waals surface area contributed by atoms with Crippen LogP contribution in [0.1, 0.15) is 56.0 Å². The number of nitrogens with one attached hydrogen (secondary N) is 2. The Morgan fingerprint density at radius 1 is 1.03 bits per heavy atom. The van der Waals surface area contributed by atoms with E-state index in [9.17, 15) is 22.4 Å². The fourth-order valence-electron chi connectivity index (χ4n) is 3.51. The number of rotatable bonds is 10. The first-order chi connectivity index (χ1) is 17.1. The predicted octanol–water partition coefficient (Wildman–Crippen LogP) is 5.55. The smallest absolute Gasteiger partial charge is 0.341 e. The Kier molecular flexibility index (Phi) is 8.99. The maximum atomic E-state index is 13.2. The molecule has 0 saturated carbocycles. The summed E-state index contributed by atoms with van der Waals surface area (Å²) >= 11 is 1.16. The summed E-state index contributed by atoms with van der Waals surface area (Å²) in [6.07, 6.45) is 0.149. The van der Waals surface area contributed by atoms with Crippen molar-refractivity contribution in [3.63, 3.8) is 0 Å². The Hall–Kier alpha value is -3.08. The van der Waals surface area contributed by atoms with Crippen LogP contribution in [0.3, 0.4) is 0 Å². The van der Waals surface area contributed by atoms with Gasteiger partial charge in [-0.15, -0.1) is 11.3 Å².